The van der Waals surface area contributed by atoms with Gasteiger partial charge in [-0.15, -0.1) is 11.3 Å². The molecule has 1 aromatic heterocycles. The van der Waals surface area contributed by atoms with E-state index in [2.05, 4.69) is 4.90 Å². The van der Waals surface area contributed by atoms with Crippen molar-refractivity contribution in [3.8, 4) is 0 Å². The molecule has 0 saturated carbocycles. The molecule has 1 aromatic carbocycles. The molecule has 6 heteroatoms. The number of carboxylic acids is 1. The summed E-state index contributed by atoms with van der Waals surface area (Å²) in [4.78, 5) is 16.8. The van der Waals surface area contributed by atoms with Gasteiger partial charge in [-0.25, -0.2) is 0 Å². The van der Waals surface area contributed by atoms with Crippen LogP contribution in [0.4, 0.5) is 5.69 Å². The van der Waals surface area contributed by atoms with Crippen LogP contribution < -0.4 is 4.90 Å². The predicted octanol–water partition coefficient (Wildman–Crippen LogP) is 3.35. The summed E-state index contributed by atoms with van der Waals surface area (Å²) in [6, 6.07) is 11.0. The van der Waals surface area contributed by atoms with Crippen molar-refractivity contribution in [2.45, 2.75) is 6.04 Å². The lowest BCUT2D eigenvalue weighted by atomic mass is 10.1. The summed E-state index contributed by atoms with van der Waals surface area (Å²) in [5.41, 5.74) is 1.13. The van der Waals surface area contributed by atoms with Crippen LogP contribution in [0.3, 0.4) is 0 Å². The Bertz CT molecular complexity index is 622. The normalized spacial score (nSPS) is 17.4. The Morgan fingerprint density at radius 1 is 1.14 bits per heavy atom. The molecule has 3 rings (SSSR count). The standard InChI is InChI=1S/C16H17ClN2O2S/c17-12-3-5-13(6-4-12)18-7-9-19(10-8-18)15(16(20)21)14-2-1-11-22-14/h1-6,11,15H,7-10H2,(H,20,21). The summed E-state index contributed by atoms with van der Waals surface area (Å²) in [6.45, 7) is 3.10. The molecule has 4 nitrogen and oxygen atoms in total. The lowest BCUT2D eigenvalue weighted by Gasteiger charge is -2.38. The van der Waals surface area contributed by atoms with Crippen molar-refractivity contribution in [1.82, 2.24) is 4.90 Å². The number of hydrogen-bond acceptors (Lipinski definition) is 4. The minimum absolute atomic E-state index is 0.535. The van der Waals surface area contributed by atoms with E-state index in [0.29, 0.717) is 0 Å². The molecule has 0 amide bonds. The Labute approximate surface area is 138 Å². The number of rotatable bonds is 4. The number of carboxylic acid groups (broad SMARTS) is 1. The molecule has 1 fully saturated rings. The van der Waals surface area contributed by atoms with Crippen LogP contribution in [0.5, 0.6) is 0 Å². The monoisotopic (exact) mass is 336 g/mol. The molecule has 1 aliphatic heterocycles. The first-order valence-corrected chi connectivity index (χ1v) is 8.41. The van der Waals surface area contributed by atoms with E-state index in [-0.39, 0.29) is 0 Å². The smallest absolute Gasteiger partial charge is 0.326 e. The van der Waals surface area contributed by atoms with Gasteiger partial charge in [0.15, 0.2) is 0 Å². The first-order valence-electron chi connectivity index (χ1n) is 7.16. The van der Waals surface area contributed by atoms with Crippen molar-refractivity contribution in [1.29, 1.82) is 0 Å². The van der Waals surface area contributed by atoms with E-state index in [1.165, 1.54) is 11.3 Å². The number of anilines is 1. The summed E-state index contributed by atoms with van der Waals surface area (Å²) < 4.78 is 0. The Balaban J connectivity index is 1.68. The van der Waals surface area contributed by atoms with E-state index in [0.717, 1.165) is 41.8 Å². The van der Waals surface area contributed by atoms with Gasteiger partial charge >= 0.3 is 5.97 Å². The number of hydrogen-bond donors (Lipinski definition) is 1. The number of halogens is 1. The van der Waals surface area contributed by atoms with E-state index in [1.54, 1.807) is 0 Å². The molecule has 1 saturated heterocycles. The fraction of sp³-hybridized carbons (Fsp3) is 0.312. The van der Waals surface area contributed by atoms with E-state index in [4.69, 9.17) is 11.6 Å². The molecule has 0 bridgehead atoms. The lowest BCUT2D eigenvalue weighted by molar-refractivity contribution is -0.143. The molecule has 2 aromatic rings. The zero-order valence-corrected chi connectivity index (χ0v) is 13.6. The molecule has 0 aliphatic carbocycles. The molecular formula is C16H17ClN2O2S. The number of piperazine rings is 1. The number of nitrogens with zero attached hydrogens (tertiary/aromatic N) is 2. The van der Waals surface area contributed by atoms with Crippen molar-refractivity contribution in [2.24, 2.45) is 0 Å². The summed E-state index contributed by atoms with van der Waals surface area (Å²) >= 11 is 7.42. The summed E-state index contributed by atoms with van der Waals surface area (Å²) in [5, 5.41) is 12.2. The number of aliphatic carboxylic acids is 1. The Morgan fingerprint density at radius 3 is 2.36 bits per heavy atom. The van der Waals surface area contributed by atoms with E-state index >= 15 is 0 Å². The van der Waals surface area contributed by atoms with Crippen molar-refractivity contribution < 1.29 is 9.90 Å². The fourth-order valence-corrected chi connectivity index (χ4v) is 3.77. The third-order valence-electron chi connectivity index (χ3n) is 3.92. The van der Waals surface area contributed by atoms with Crippen LogP contribution in [0, 0.1) is 0 Å². The predicted molar refractivity (Wildman–Crippen MR) is 89.9 cm³/mol. The summed E-state index contributed by atoms with van der Waals surface area (Å²) in [5.74, 6) is -0.776. The van der Waals surface area contributed by atoms with Crippen LogP contribution in [-0.2, 0) is 4.79 Å². The van der Waals surface area contributed by atoms with Gasteiger partial charge in [0, 0.05) is 41.8 Å². The van der Waals surface area contributed by atoms with Crippen molar-refractivity contribution in [3.63, 3.8) is 0 Å². The number of benzene rings is 1. The minimum Gasteiger partial charge on any atom is -0.480 e. The molecule has 0 radical (unpaired) electrons. The third kappa shape index (κ3) is 3.27. The zero-order valence-electron chi connectivity index (χ0n) is 12.0. The second-order valence-electron chi connectivity index (χ2n) is 5.26. The van der Waals surface area contributed by atoms with Gasteiger partial charge in [0.05, 0.1) is 0 Å². The molecule has 2 heterocycles. The molecule has 1 atom stereocenters. The van der Waals surface area contributed by atoms with Crippen molar-refractivity contribution >= 4 is 34.6 Å². The molecule has 22 heavy (non-hydrogen) atoms. The van der Waals surface area contributed by atoms with Crippen molar-refractivity contribution in [2.75, 3.05) is 31.1 Å². The maximum atomic E-state index is 11.6. The molecular weight excluding hydrogens is 320 g/mol. The van der Waals surface area contributed by atoms with Gasteiger partial charge in [-0.2, -0.15) is 0 Å². The highest BCUT2D eigenvalue weighted by atomic mass is 35.5. The summed E-state index contributed by atoms with van der Waals surface area (Å²) in [7, 11) is 0. The van der Waals surface area contributed by atoms with E-state index in [1.807, 2.05) is 46.7 Å². The maximum absolute atomic E-state index is 11.6. The van der Waals surface area contributed by atoms with Gasteiger partial charge in [-0.05, 0) is 35.7 Å². The largest absolute Gasteiger partial charge is 0.480 e. The Morgan fingerprint density at radius 2 is 1.82 bits per heavy atom. The van der Waals surface area contributed by atoms with E-state index < -0.39 is 12.0 Å². The van der Waals surface area contributed by atoms with Crippen LogP contribution in [0.2, 0.25) is 5.02 Å². The molecule has 0 spiro atoms. The third-order valence-corrected chi connectivity index (χ3v) is 5.09. The highest BCUT2D eigenvalue weighted by Crippen LogP contribution is 2.28. The maximum Gasteiger partial charge on any atom is 0.326 e. The first-order chi connectivity index (χ1) is 10.6. The SMILES string of the molecule is O=C(O)C(c1cccs1)N1CCN(c2ccc(Cl)cc2)CC1. The lowest BCUT2D eigenvalue weighted by Crippen LogP contribution is -2.49. The van der Waals surface area contributed by atoms with Crippen LogP contribution in [0.25, 0.3) is 0 Å². The zero-order chi connectivity index (χ0) is 15.5. The van der Waals surface area contributed by atoms with Gasteiger partial charge in [0.2, 0.25) is 0 Å². The quantitative estimate of drug-likeness (QED) is 0.930. The molecule has 1 aliphatic rings. The topological polar surface area (TPSA) is 43.8 Å². The van der Waals surface area contributed by atoms with Gasteiger partial charge < -0.3 is 10.0 Å². The van der Waals surface area contributed by atoms with Crippen LogP contribution >= 0.6 is 22.9 Å². The van der Waals surface area contributed by atoms with Crippen LogP contribution in [0.1, 0.15) is 10.9 Å². The van der Waals surface area contributed by atoms with Gasteiger partial charge in [-0.1, -0.05) is 17.7 Å². The fourth-order valence-electron chi connectivity index (χ4n) is 2.79. The number of carbonyl (C=O) groups is 1. The highest BCUT2D eigenvalue weighted by Gasteiger charge is 2.30. The van der Waals surface area contributed by atoms with Crippen molar-refractivity contribution in [3.05, 3.63) is 51.7 Å². The summed E-state index contributed by atoms with van der Waals surface area (Å²) in [6.07, 6.45) is 0. The Kier molecular flexibility index (Phi) is 4.66. The van der Waals surface area contributed by atoms with Gasteiger partial charge in [0.1, 0.15) is 6.04 Å². The van der Waals surface area contributed by atoms with Crippen LogP contribution in [0.15, 0.2) is 41.8 Å². The molecule has 1 unspecified atom stereocenters. The second-order valence-corrected chi connectivity index (χ2v) is 6.67. The number of thiophene rings is 1. The first kappa shape index (κ1) is 15.3. The molecule has 1 N–H and O–H groups in total. The molecule has 116 valence electrons. The average Bonchev–Trinajstić information content (AvgIpc) is 3.03. The highest BCUT2D eigenvalue weighted by molar-refractivity contribution is 7.10. The van der Waals surface area contributed by atoms with E-state index in [9.17, 15) is 9.90 Å². The Hall–Kier alpha value is -1.56. The van der Waals surface area contributed by atoms with Gasteiger partial charge in [-0.3, -0.25) is 9.69 Å². The second kappa shape index (κ2) is 6.69. The average molecular weight is 337 g/mol. The van der Waals surface area contributed by atoms with Crippen LogP contribution in [-0.4, -0.2) is 42.2 Å². The van der Waals surface area contributed by atoms with Gasteiger partial charge in [0.25, 0.3) is 0 Å². The minimum atomic E-state index is -0.776.